The molecule has 0 aliphatic heterocycles. The van der Waals surface area contributed by atoms with Crippen LogP contribution in [0.1, 0.15) is 0 Å². The van der Waals surface area contributed by atoms with Gasteiger partial charge in [-0.15, -0.1) is 0 Å². The molecule has 0 atom stereocenters. The van der Waals surface area contributed by atoms with Crippen LogP contribution in [0.5, 0.6) is 0 Å². The summed E-state index contributed by atoms with van der Waals surface area (Å²) in [5.74, 6) is 5.21. The van der Waals surface area contributed by atoms with Crippen molar-refractivity contribution in [2.24, 2.45) is 0 Å². The van der Waals surface area contributed by atoms with Gasteiger partial charge in [0.2, 0.25) is 0 Å². The Morgan fingerprint density at radius 2 is 0.317 bits per heavy atom. The van der Waals surface area contributed by atoms with Crippen molar-refractivity contribution in [1.29, 1.82) is 0 Å². The molecule has 0 saturated heterocycles. The lowest BCUT2D eigenvalue weighted by molar-refractivity contribution is 1.07. The number of hydrogen-bond acceptors (Lipinski definition) is 10. The van der Waals surface area contributed by atoms with E-state index in [1.165, 1.54) is 16.2 Å². The van der Waals surface area contributed by atoms with E-state index in [0.29, 0.717) is 46.6 Å². The van der Waals surface area contributed by atoms with Crippen molar-refractivity contribution in [3.63, 3.8) is 0 Å². The fourth-order valence-electron chi connectivity index (χ4n) is 12.8. The molecule has 4 aromatic heterocycles. The van der Waals surface area contributed by atoms with Gasteiger partial charge in [-0.3, -0.25) is 0 Å². The molecule has 0 radical (unpaired) electrons. The van der Waals surface area contributed by atoms with Crippen LogP contribution in [0, 0.1) is 0 Å². The first-order valence-corrected chi connectivity index (χ1v) is 34.5. The van der Waals surface area contributed by atoms with Crippen LogP contribution in [0.2, 0.25) is 0 Å². The average Bonchev–Trinajstić information content (AvgIpc) is 0.804. The maximum Gasteiger partial charge on any atom is 0.164 e. The minimum absolute atomic E-state index is 0.625. The van der Waals surface area contributed by atoms with E-state index in [1.807, 2.05) is 158 Å². The van der Waals surface area contributed by atoms with E-state index in [0.717, 1.165) is 117 Å². The molecule has 0 unspecified atom stereocenters. The Kier molecular flexibility index (Phi) is 17.6. The van der Waals surface area contributed by atoms with Gasteiger partial charge in [0.1, 0.15) is 0 Å². The summed E-state index contributed by atoms with van der Waals surface area (Å²) in [5.41, 5.74) is 19.5. The zero-order valence-corrected chi connectivity index (χ0v) is 56.3. The normalized spacial score (nSPS) is 11.1. The molecule has 488 valence electrons. The van der Waals surface area contributed by atoms with Gasteiger partial charge >= 0.3 is 0 Å². The maximum absolute atomic E-state index is 5.08. The van der Waals surface area contributed by atoms with Crippen LogP contribution in [-0.2, 0) is 0 Å². The Balaban J connectivity index is 0.000000154. The van der Waals surface area contributed by atoms with E-state index in [9.17, 15) is 0 Å². The Hall–Kier alpha value is -14.2. The Labute approximate surface area is 602 Å². The SMILES string of the molecule is c1ccc(-c2cc(-c3cccc(-c4ccc(-c5nc(-c6ccccc6)nc(-c6ccc7ccccc7c6)n5)cc4)c3)nc(-c3ccccc3)n2)cc1.c1ccc(-c2nc(-c3cccc(-c4ccc(-c5nc(-c6ccccc6)nc(-c6ccccc6)n5)cc4)c3)cc(-c3ccc4ccccc4c3)n2)cc1. The topological polar surface area (TPSA) is 129 Å². The summed E-state index contributed by atoms with van der Waals surface area (Å²) in [6, 6.07) is 128. The van der Waals surface area contributed by atoms with Crippen molar-refractivity contribution >= 4 is 21.5 Å². The van der Waals surface area contributed by atoms with E-state index in [2.05, 4.69) is 218 Å². The van der Waals surface area contributed by atoms with Crippen LogP contribution in [0.3, 0.4) is 0 Å². The van der Waals surface area contributed by atoms with Gasteiger partial charge in [-0.1, -0.05) is 340 Å². The van der Waals surface area contributed by atoms with Crippen LogP contribution >= 0.6 is 0 Å². The second-order valence-corrected chi connectivity index (χ2v) is 25.2. The third-order valence-corrected chi connectivity index (χ3v) is 18.3. The van der Waals surface area contributed by atoms with Gasteiger partial charge in [0.15, 0.2) is 46.6 Å². The van der Waals surface area contributed by atoms with Gasteiger partial charge in [0.25, 0.3) is 0 Å². The molecule has 0 spiro atoms. The van der Waals surface area contributed by atoms with Crippen molar-refractivity contribution in [3.8, 4) is 158 Å². The van der Waals surface area contributed by atoms with E-state index in [4.69, 9.17) is 49.8 Å². The Morgan fingerprint density at radius 1 is 0.106 bits per heavy atom. The minimum Gasteiger partial charge on any atom is -0.228 e. The highest BCUT2D eigenvalue weighted by atomic mass is 15.0. The number of hydrogen-bond donors (Lipinski definition) is 0. The second-order valence-electron chi connectivity index (χ2n) is 25.2. The monoisotopic (exact) mass is 1330 g/mol. The van der Waals surface area contributed by atoms with Crippen molar-refractivity contribution in [3.05, 3.63) is 376 Å². The number of aromatic nitrogens is 10. The zero-order chi connectivity index (χ0) is 69.4. The molecule has 10 nitrogen and oxygen atoms in total. The molecular formula is C94H62N10. The van der Waals surface area contributed by atoms with Gasteiger partial charge in [0.05, 0.1) is 22.8 Å². The van der Waals surface area contributed by atoms with Crippen molar-refractivity contribution in [1.82, 2.24) is 49.8 Å². The zero-order valence-electron chi connectivity index (χ0n) is 56.3. The lowest BCUT2D eigenvalue weighted by Crippen LogP contribution is -2.00. The Morgan fingerprint density at radius 3 is 0.663 bits per heavy atom. The summed E-state index contributed by atoms with van der Waals surface area (Å²) in [7, 11) is 0. The first kappa shape index (κ1) is 63.2. The molecule has 18 rings (SSSR count). The molecule has 4 heterocycles. The summed E-state index contributed by atoms with van der Waals surface area (Å²) in [6.07, 6.45) is 0. The van der Waals surface area contributed by atoms with E-state index in [1.54, 1.807) is 0 Å². The summed E-state index contributed by atoms with van der Waals surface area (Å²) < 4.78 is 0. The quantitative estimate of drug-likeness (QED) is 0.104. The number of nitrogens with zero attached hydrogens (tertiary/aromatic N) is 10. The molecule has 0 saturated carbocycles. The predicted octanol–water partition coefficient (Wildman–Crippen LogP) is 23.0. The standard InChI is InChI=1S/2C47H31N5/c1-4-14-34(15-5-1)44-48-42(31-43(49-44)41-28-25-32-13-10-11-20-38(32)30-41)40-22-12-21-39(29-40)33-23-26-37(27-24-33)47-51-45(35-16-6-2-7-17-35)50-46(52-47)36-18-8-3-9-19-36;1-4-14-34(15-5-1)42-31-43(49-44(48-42)35-16-6-2-7-17-35)40-22-12-21-39(29-40)33-23-26-37(27-24-33)46-50-45(36-18-8-3-9-19-36)51-47(52-46)41-28-25-32-13-10-11-20-38(32)30-41/h2*1-31H. The number of benzene rings is 14. The predicted molar refractivity (Wildman–Crippen MR) is 422 cm³/mol. The van der Waals surface area contributed by atoms with Crippen molar-refractivity contribution in [2.75, 3.05) is 0 Å². The van der Waals surface area contributed by atoms with Crippen LogP contribution in [-0.4, -0.2) is 49.8 Å². The van der Waals surface area contributed by atoms with Crippen LogP contribution < -0.4 is 0 Å². The van der Waals surface area contributed by atoms with Crippen LogP contribution in [0.15, 0.2) is 376 Å². The molecule has 18 aromatic rings. The van der Waals surface area contributed by atoms with Gasteiger partial charge < -0.3 is 0 Å². The molecular weight excluding hydrogens is 1270 g/mol. The third-order valence-electron chi connectivity index (χ3n) is 18.3. The summed E-state index contributed by atoms with van der Waals surface area (Å²) in [4.78, 5) is 49.6. The highest BCUT2D eigenvalue weighted by Crippen LogP contribution is 2.36. The average molecular weight is 1330 g/mol. The summed E-state index contributed by atoms with van der Waals surface area (Å²) in [6.45, 7) is 0. The molecule has 104 heavy (non-hydrogen) atoms. The van der Waals surface area contributed by atoms with Gasteiger partial charge in [-0.25, -0.2) is 49.8 Å². The van der Waals surface area contributed by atoms with Crippen LogP contribution in [0.25, 0.3) is 180 Å². The summed E-state index contributed by atoms with van der Waals surface area (Å²) >= 11 is 0. The van der Waals surface area contributed by atoms with E-state index < -0.39 is 0 Å². The number of rotatable bonds is 14. The molecule has 0 aliphatic rings. The van der Waals surface area contributed by atoms with Crippen molar-refractivity contribution in [2.45, 2.75) is 0 Å². The summed E-state index contributed by atoms with van der Waals surface area (Å²) in [5, 5.41) is 4.70. The lowest BCUT2D eigenvalue weighted by atomic mass is 9.99. The maximum atomic E-state index is 5.08. The Bertz CT molecular complexity index is 5950. The van der Waals surface area contributed by atoms with Gasteiger partial charge in [-0.2, -0.15) is 0 Å². The van der Waals surface area contributed by atoms with Crippen LogP contribution in [0.4, 0.5) is 0 Å². The smallest absolute Gasteiger partial charge is 0.164 e. The van der Waals surface area contributed by atoms with Gasteiger partial charge in [0, 0.05) is 66.8 Å². The molecule has 0 amide bonds. The lowest BCUT2D eigenvalue weighted by Gasteiger charge is -2.11. The first-order chi connectivity index (χ1) is 51.5. The third kappa shape index (κ3) is 13.9. The molecule has 14 aromatic carbocycles. The highest BCUT2D eigenvalue weighted by Gasteiger charge is 2.18. The fraction of sp³-hybridized carbons (Fsp3) is 0. The van der Waals surface area contributed by atoms with Gasteiger partial charge in [-0.05, 0) is 80.2 Å². The largest absolute Gasteiger partial charge is 0.228 e. The molecule has 10 heteroatoms. The molecule has 0 bridgehead atoms. The van der Waals surface area contributed by atoms with Crippen molar-refractivity contribution < 1.29 is 0 Å². The van der Waals surface area contributed by atoms with E-state index >= 15 is 0 Å². The highest BCUT2D eigenvalue weighted by molar-refractivity contribution is 5.89. The molecule has 0 N–H and O–H groups in total. The second kappa shape index (κ2) is 28.9. The van der Waals surface area contributed by atoms with E-state index in [-0.39, 0.29) is 0 Å². The minimum atomic E-state index is 0.625. The first-order valence-electron chi connectivity index (χ1n) is 34.5. The number of fused-ring (bicyclic) bond motifs is 2. The molecule has 0 fully saturated rings. The fourth-order valence-corrected chi connectivity index (χ4v) is 12.8. The molecule has 0 aliphatic carbocycles.